The van der Waals surface area contributed by atoms with Crippen molar-refractivity contribution < 1.29 is 39.6 Å². The van der Waals surface area contributed by atoms with Crippen molar-refractivity contribution in [3.05, 3.63) is 34.1 Å². The number of nitrogens with one attached hydrogen (secondary N) is 1. The van der Waals surface area contributed by atoms with Crippen LogP contribution in [0.3, 0.4) is 0 Å². The van der Waals surface area contributed by atoms with Crippen LogP contribution in [0, 0.1) is 11.8 Å². The van der Waals surface area contributed by atoms with Gasteiger partial charge in [0.05, 0.1) is 17.3 Å². The van der Waals surface area contributed by atoms with Crippen molar-refractivity contribution in [1.82, 2.24) is 4.90 Å². The van der Waals surface area contributed by atoms with E-state index in [0.29, 0.717) is 11.3 Å². The van der Waals surface area contributed by atoms with Crippen LogP contribution in [0.2, 0.25) is 0 Å². The molecule has 3 aliphatic rings. The lowest BCUT2D eigenvalue weighted by atomic mass is 9.57. The number of aliphatic hydroxyl groups is 3. The van der Waals surface area contributed by atoms with Crippen LogP contribution in [0.1, 0.15) is 24.5 Å². The molecule has 1 aromatic carbocycles. The van der Waals surface area contributed by atoms with Crippen LogP contribution in [-0.2, 0) is 25.6 Å². The minimum Gasteiger partial charge on any atom is -0.508 e. The second kappa shape index (κ2) is 8.60. The normalized spacial score (nSPS) is 27.1. The van der Waals surface area contributed by atoms with E-state index in [2.05, 4.69) is 5.32 Å². The number of benzene rings is 1. The molecular weight excluding hydrogens is 484 g/mol. The molecule has 7 N–H and O–H groups in total. The fourth-order valence-electron chi connectivity index (χ4n) is 5.98. The summed E-state index contributed by atoms with van der Waals surface area (Å²) in [6.07, 6.45) is 0.142. The van der Waals surface area contributed by atoms with Gasteiger partial charge in [0, 0.05) is 38.2 Å². The van der Waals surface area contributed by atoms with E-state index in [9.17, 15) is 39.6 Å². The van der Waals surface area contributed by atoms with E-state index >= 15 is 0 Å². The summed E-state index contributed by atoms with van der Waals surface area (Å²) in [7, 11) is 6.56. The number of primary amides is 1. The second-order valence-electron chi connectivity index (χ2n) is 10.2. The Labute approximate surface area is 212 Å². The minimum atomic E-state index is -2.71. The molecule has 0 radical (unpaired) electrons. The molecule has 0 unspecified atom stereocenters. The summed E-state index contributed by atoms with van der Waals surface area (Å²) in [4.78, 5) is 54.0. The van der Waals surface area contributed by atoms with E-state index in [1.165, 1.54) is 11.8 Å². The molecule has 4 rings (SSSR count). The molecule has 1 aromatic rings. The lowest BCUT2D eigenvalue weighted by molar-refractivity contribution is -0.153. The number of carbonyl (C=O) groups excluding carboxylic acids is 4. The van der Waals surface area contributed by atoms with E-state index in [4.69, 9.17) is 5.73 Å². The Balaban J connectivity index is 2.01. The number of phenols is 1. The van der Waals surface area contributed by atoms with Crippen LogP contribution >= 0.6 is 0 Å². The molecule has 0 bridgehead atoms. The largest absolute Gasteiger partial charge is 0.508 e. The van der Waals surface area contributed by atoms with E-state index < -0.39 is 69.7 Å². The number of likely N-dealkylation sites (N-methyl/N-ethyl adjacent to an activating group) is 1. The lowest BCUT2D eigenvalue weighted by Gasteiger charge is -2.50. The van der Waals surface area contributed by atoms with Gasteiger partial charge >= 0.3 is 0 Å². The molecule has 37 heavy (non-hydrogen) atoms. The first-order valence-corrected chi connectivity index (χ1v) is 11.6. The summed E-state index contributed by atoms with van der Waals surface area (Å²) in [5, 5.41) is 47.4. The molecule has 2 amide bonds. The number of carbonyl (C=O) groups is 4. The van der Waals surface area contributed by atoms with Crippen LogP contribution in [0.15, 0.2) is 23.0 Å². The number of hydrogen-bond acceptors (Lipinski definition) is 10. The first kappa shape index (κ1) is 26.2. The van der Waals surface area contributed by atoms with Gasteiger partial charge in [-0.1, -0.05) is 0 Å². The molecule has 12 heteroatoms. The Hall–Kier alpha value is -3.90. The highest BCUT2D eigenvalue weighted by Gasteiger charge is 2.64. The molecule has 1 saturated carbocycles. The molecule has 0 spiro atoms. The highest BCUT2D eigenvalue weighted by molar-refractivity contribution is 6.24. The maximum Gasteiger partial charge on any atom is 0.255 e. The number of amides is 2. The zero-order valence-corrected chi connectivity index (χ0v) is 21.1. The molecule has 3 aliphatic carbocycles. The number of nitrogens with zero attached hydrogens (tertiary/aromatic N) is 2. The summed E-state index contributed by atoms with van der Waals surface area (Å²) < 4.78 is 0. The van der Waals surface area contributed by atoms with E-state index in [1.807, 2.05) is 0 Å². The van der Waals surface area contributed by atoms with Crippen molar-refractivity contribution in [3.63, 3.8) is 0 Å². The summed E-state index contributed by atoms with van der Waals surface area (Å²) in [6.45, 7) is 1.25. The third kappa shape index (κ3) is 3.58. The van der Waals surface area contributed by atoms with Crippen molar-refractivity contribution in [3.8, 4) is 5.75 Å². The minimum absolute atomic E-state index is 0.00710. The van der Waals surface area contributed by atoms with Crippen molar-refractivity contribution in [2.45, 2.75) is 31.4 Å². The van der Waals surface area contributed by atoms with Gasteiger partial charge in [-0.3, -0.25) is 24.1 Å². The topological polar surface area (TPSA) is 194 Å². The summed E-state index contributed by atoms with van der Waals surface area (Å²) in [5.74, 6) is -7.74. The Morgan fingerprint density at radius 1 is 1.14 bits per heavy atom. The van der Waals surface area contributed by atoms with Gasteiger partial charge in [-0.05, 0) is 44.5 Å². The Morgan fingerprint density at radius 2 is 1.76 bits per heavy atom. The van der Waals surface area contributed by atoms with Crippen LogP contribution < -0.4 is 16.0 Å². The smallest absolute Gasteiger partial charge is 0.255 e. The van der Waals surface area contributed by atoms with Gasteiger partial charge in [-0.15, -0.1) is 0 Å². The van der Waals surface area contributed by atoms with E-state index in [1.54, 1.807) is 39.2 Å². The first-order valence-electron chi connectivity index (χ1n) is 11.6. The van der Waals surface area contributed by atoms with Gasteiger partial charge < -0.3 is 36.4 Å². The number of aliphatic hydroxyl groups excluding tert-OH is 2. The summed E-state index contributed by atoms with van der Waals surface area (Å²) in [6, 6.07) is 0.399. The van der Waals surface area contributed by atoms with Gasteiger partial charge in [0.25, 0.3) is 5.91 Å². The maximum absolute atomic E-state index is 13.9. The van der Waals surface area contributed by atoms with Gasteiger partial charge in [-0.2, -0.15) is 0 Å². The van der Waals surface area contributed by atoms with Gasteiger partial charge in [0.15, 0.2) is 11.4 Å². The summed E-state index contributed by atoms with van der Waals surface area (Å²) >= 11 is 0. The average molecular weight is 515 g/mol. The van der Waals surface area contributed by atoms with Gasteiger partial charge in [0.1, 0.15) is 22.8 Å². The van der Waals surface area contributed by atoms with E-state index in [0.717, 1.165) is 0 Å². The Kier molecular flexibility index (Phi) is 6.08. The van der Waals surface area contributed by atoms with Gasteiger partial charge in [0.2, 0.25) is 11.7 Å². The number of nitrogens with two attached hydrogens (primary N) is 1. The molecule has 0 aliphatic heterocycles. The molecule has 198 valence electrons. The van der Waals surface area contributed by atoms with Crippen LogP contribution in [0.25, 0.3) is 5.76 Å². The van der Waals surface area contributed by atoms with Crippen LogP contribution in [-0.4, -0.2) is 88.5 Å². The number of ketones is 2. The van der Waals surface area contributed by atoms with Crippen molar-refractivity contribution in [1.29, 1.82) is 0 Å². The van der Waals surface area contributed by atoms with E-state index in [-0.39, 0.29) is 29.7 Å². The zero-order valence-electron chi connectivity index (χ0n) is 21.1. The SMILES string of the molecule is CC(=O)Nc1cc(N(C)C)c2c(c1O)C(O)=C1C(=O)[C@]3(O)C(O)=C(C(N)=O)C(=O)[C@@H](N(C)C)[C@@H]3C[C@@H]1C2. The third-order valence-corrected chi connectivity index (χ3v) is 7.49. The predicted molar refractivity (Wildman–Crippen MR) is 133 cm³/mol. The molecule has 4 atom stereocenters. The third-order valence-electron chi connectivity index (χ3n) is 7.49. The number of Topliss-reactive ketones (excluding diaryl/α,β-unsaturated/α-hetero) is 2. The first-order chi connectivity index (χ1) is 17.1. The molecule has 1 fully saturated rings. The fraction of sp³-hybridized carbons (Fsp3) is 0.440. The summed E-state index contributed by atoms with van der Waals surface area (Å²) in [5.41, 5.74) is 2.48. The van der Waals surface area contributed by atoms with Gasteiger partial charge in [-0.25, -0.2) is 0 Å². The molecule has 0 aromatic heterocycles. The molecule has 0 saturated heterocycles. The molecular formula is C25H30N4O8. The predicted octanol–water partition coefficient (Wildman–Crippen LogP) is -0.0116. The second-order valence-corrected chi connectivity index (χ2v) is 10.2. The average Bonchev–Trinajstić information content (AvgIpc) is 2.77. The quantitative estimate of drug-likeness (QED) is 0.235. The van der Waals surface area contributed by atoms with Crippen molar-refractivity contribution in [2.75, 3.05) is 38.4 Å². The van der Waals surface area contributed by atoms with Crippen molar-refractivity contribution in [2.24, 2.45) is 17.6 Å². The number of aromatic hydroxyl groups is 1. The maximum atomic E-state index is 13.9. The lowest BCUT2D eigenvalue weighted by Crippen LogP contribution is -2.65. The highest BCUT2D eigenvalue weighted by Crippen LogP contribution is 2.54. The number of rotatable bonds is 4. The standard InChI is InChI=1S/C25H30N4O8/c1-9(30)27-13-8-14(28(2)3)11-6-10-7-12-18(29(4)5)21(33)17(24(26)36)23(35)25(12,37)22(34)15(10)20(32)16(11)19(13)31/h8,10,12,18,31-32,35,37H,6-7H2,1-5H3,(H2,26,36)(H,27,30)/t10-,12-,18-,25-/m0/s1. The fourth-order valence-corrected chi connectivity index (χ4v) is 5.98. The number of hydrogen-bond donors (Lipinski definition) is 6. The molecule has 12 nitrogen and oxygen atoms in total. The number of phenolic OH excluding ortho intramolecular Hbond substituents is 1. The van der Waals surface area contributed by atoms with Crippen LogP contribution in [0.4, 0.5) is 11.4 Å². The number of fused-ring (bicyclic) bond motifs is 3. The zero-order chi connectivity index (χ0) is 27.7. The molecule has 0 heterocycles. The highest BCUT2D eigenvalue weighted by atomic mass is 16.3. The van der Waals surface area contributed by atoms with Crippen molar-refractivity contribution >= 4 is 40.5 Å². The Bertz CT molecular complexity index is 1330. The van der Waals surface area contributed by atoms with Crippen LogP contribution in [0.5, 0.6) is 5.75 Å². The number of anilines is 2. The monoisotopic (exact) mass is 514 g/mol. The Morgan fingerprint density at radius 3 is 2.27 bits per heavy atom.